The molecule has 1 rings (SSSR count). The summed E-state index contributed by atoms with van der Waals surface area (Å²) in [4.78, 5) is 14.1. The second kappa shape index (κ2) is 6.86. The van der Waals surface area contributed by atoms with E-state index in [9.17, 15) is 4.79 Å². The summed E-state index contributed by atoms with van der Waals surface area (Å²) in [5, 5.41) is 0.539. The average Bonchev–Trinajstić information content (AvgIpc) is 2.34. The van der Waals surface area contributed by atoms with Crippen LogP contribution >= 0.6 is 23.2 Å². The Kier molecular flexibility index (Phi) is 5.76. The lowest BCUT2D eigenvalue weighted by molar-refractivity contribution is 0.0715. The van der Waals surface area contributed by atoms with Crippen LogP contribution in [0, 0.1) is 0 Å². The van der Waals surface area contributed by atoms with Crippen LogP contribution in [0.5, 0.6) is 5.75 Å². The zero-order valence-electron chi connectivity index (χ0n) is 10.7. The van der Waals surface area contributed by atoms with Crippen LogP contribution in [0.25, 0.3) is 0 Å². The summed E-state index contributed by atoms with van der Waals surface area (Å²) in [6.45, 7) is 4.41. The molecule has 0 aliphatic rings. The summed E-state index contributed by atoms with van der Waals surface area (Å²) in [6, 6.07) is 5.06. The number of methoxy groups -OCH3 is 1. The van der Waals surface area contributed by atoms with E-state index in [4.69, 9.17) is 27.9 Å². The van der Waals surface area contributed by atoms with E-state index in [1.807, 2.05) is 13.8 Å². The Bertz CT molecular complexity index is 421. The maximum Gasteiger partial charge on any atom is 0.257 e. The monoisotopic (exact) mass is 289 g/mol. The second-order valence-corrected chi connectivity index (χ2v) is 4.94. The van der Waals surface area contributed by atoms with Crippen LogP contribution in [0.15, 0.2) is 18.2 Å². The maximum atomic E-state index is 12.4. The Morgan fingerprint density at radius 2 is 2.11 bits per heavy atom. The lowest BCUT2D eigenvalue weighted by Gasteiger charge is -2.26. The van der Waals surface area contributed by atoms with Gasteiger partial charge >= 0.3 is 0 Å². The molecule has 0 aromatic heterocycles. The molecule has 0 fully saturated rings. The number of rotatable bonds is 5. The molecule has 18 heavy (non-hydrogen) atoms. The van der Waals surface area contributed by atoms with E-state index in [1.54, 1.807) is 23.1 Å². The van der Waals surface area contributed by atoms with Gasteiger partial charge in [0.2, 0.25) is 0 Å². The fourth-order valence-corrected chi connectivity index (χ4v) is 2.03. The predicted molar refractivity (Wildman–Crippen MR) is 74.9 cm³/mol. The molecule has 0 atom stereocenters. The Morgan fingerprint density at radius 1 is 1.44 bits per heavy atom. The molecule has 0 saturated carbocycles. The minimum Gasteiger partial charge on any atom is -0.496 e. The summed E-state index contributed by atoms with van der Waals surface area (Å²) in [5.74, 6) is 0.784. The number of carbonyl (C=O) groups excluding carboxylic acids is 1. The van der Waals surface area contributed by atoms with Crippen LogP contribution in [0.3, 0.4) is 0 Å². The highest BCUT2D eigenvalue weighted by atomic mass is 35.5. The van der Waals surface area contributed by atoms with Gasteiger partial charge in [0.25, 0.3) is 5.91 Å². The van der Waals surface area contributed by atoms with Gasteiger partial charge in [-0.15, -0.1) is 11.6 Å². The fraction of sp³-hybridized carbons (Fsp3) is 0.462. The Balaban J connectivity index is 3.08. The molecule has 0 heterocycles. The molecule has 5 heteroatoms. The molecule has 0 radical (unpaired) electrons. The summed E-state index contributed by atoms with van der Waals surface area (Å²) < 4.78 is 5.19. The highest BCUT2D eigenvalue weighted by Gasteiger charge is 2.21. The minimum atomic E-state index is -0.0980. The number of halogens is 2. The smallest absolute Gasteiger partial charge is 0.257 e. The summed E-state index contributed by atoms with van der Waals surface area (Å²) >= 11 is 11.6. The van der Waals surface area contributed by atoms with E-state index in [1.165, 1.54) is 7.11 Å². The van der Waals surface area contributed by atoms with Crippen molar-refractivity contribution in [2.75, 3.05) is 19.5 Å². The van der Waals surface area contributed by atoms with Crippen molar-refractivity contribution in [3.8, 4) is 5.75 Å². The quantitative estimate of drug-likeness (QED) is 0.777. The molecule has 0 spiro atoms. The zero-order chi connectivity index (χ0) is 13.7. The van der Waals surface area contributed by atoms with Crippen molar-refractivity contribution >= 4 is 29.1 Å². The molecule has 0 aliphatic heterocycles. The average molecular weight is 290 g/mol. The van der Waals surface area contributed by atoms with E-state index < -0.39 is 0 Å². The van der Waals surface area contributed by atoms with Gasteiger partial charge in [-0.3, -0.25) is 4.79 Å². The summed E-state index contributed by atoms with van der Waals surface area (Å²) in [5.41, 5.74) is 0.501. The Hall–Kier alpha value is -0.930. The lowest BCUT2D eigenvalue weighted by Crippen LogP contribution is -2.38. The van der Waals surface area contributed by atoms with Crippen molar-refractivity contribution < 1.29 is 9.53 Å². The highest BCUT2D eigenvalue weighted by molar-refractivity contribution is 6.30. The van der Waals surface area contributed by atoms with Crippen LogP contribution in [0.4, 0.5) is 0 Å². The van der Waals surface area contributed by atoms with E-state index in [-0.39, 0.29) is 11.9 Å². The van der Waals surface area contributed by atoms with Gasteiger partial charge in [0.15, 0.2) is 0 Å². The molecule has 0 bridgehead atoms. The Labute approximate surface area is 118 Å². The van der Waals surface area contributed by atoms with Crippen molar-refractivity contribution in [3.05, 3.63) is 28.8 Å². The molecule has 1 amide bonds. The number of hydrogen-bond acceptors (Lipinski definition) is 2. The van der Waals surface area contributed by atoms with Crippen molar-refractivity contribution in [2.24, 2.45) is 0 Å². The third-order valence-electron chi connectivity index (χ3n) is 2.60. The number of benzene rings is 1. The molecule has 3 nitrogen and oxygen atoms in total. The topological polar surface area (TPSA) is 29.5 Å². The molecule has 0 unspecified atom stereocenters. The minimum absolute atomic E-state index is 0.0802. The van der Waals surface area contributed by atoms with Gasteiger partial charge in [0.1, 0.15) is 5.75 Å². The van der Waals surface area contributed by atoms with E-state index >= 15 is 0 Å². The number of ether oxygens (including phenoxy) is 1. The number of amides is 1. The van der Waals surface area contributed by atoms with Gasteiger partial charge in [0, 0.05) is 23.5 Å². The van der Waals surface area contributed by atoms with Crippen LogP contribution < -0.4 is 4.74 Å². The molecular formula is C13H17Cl2NO2. The summed E-state index contributed by atoms with van der Waals surface area (Å²) in [7, 11) is 1.52. The van der Waals surface area contributed by atoms with Crippen molar-refractivity contribution in [3.63, 3.8) is 0 Å². The van der Waals surface area contributed by atoms with Crippen molar-refractivity contribution in [2.45, 2.75) is 19.9 Å². The summed E-state index contributed by atoms with van der Waals surface area (Å²) in [6.07, 6.45) is 0. The molecule has 0 N–H and O–H groups in total. The SMILES string of the molecule is COc1cc(Cl)ccc1C(=O)N(CCCl)C(C)C. The standard InChI is InChI=1S/C13H17Cl2NO2/c1-9(2)16(7-6-14)13(17)11-5-4-10(15)8-12(11)18-3/h4-5,8-9H,6-7H2,1-3H3. The number of alkyl halides is 1. The first-order chi connectivity index (χ1) is 8.51. The van der Waals surface area contributed by atoms with Gasteiger partial charge in [-0.1, -0.05) is 11.6 Å². The molecule has 0 saturated heterocycles. The maximum absolute atomic E-state index is 12.4. The first kappa shape index (κ1) is 15.1. The van der Waals surface area contributed by atoms with Crippen LogP contribution in [-0.4, -0.2) is 36.4 Å². The number of nitrogens with zero attached hydrogens (tertiary/aromatic N) is 1. The number of carbonyl (C=O) groups is 1. The zero-order valence-corrected chi connectivity index (χ0v) is 12.3. The first-order valence-electron chi connectivity index (χ1n) is 5.71. The van der Waals surface area contributed by atoms with Crippen molar-refractivity contribution in [1.82, 2.24) is 4.90 Å². The van der Waals surface area contributed by atoms with Crippen LogP contribution in [0.2, 0.25) is 5.02 Å². The molecule has 1 aromatic carbocycles. The van der Waals surface area contributed by atoms with Crippen LogP contribution in [-0.2, 0) is 0 Å². The molecule has 100 valence electrons. The van der Waals surface area contributed by atoms with Crippen molar-refractivity contribution in [1.29, 1.82) is 0 Å². The van der Waals surface area contributed by atoms with E-state index in [0.29, 0.717) is 28.8 Å². The molecule has 0 aliphatic carbocycles. The first-order valence-corrected chi connectivity index (χ1v) is 6.63. The van der Waals surface area contributed by atoms with Gasteiger partial charge in [0.05, 0.1) is 12.7 Å². The van der Waals surface area contributed by atoms with Gasteiger partial charge in [-0.05, 0) is 32.0 Å². The Morgan fingerprint density at radius 3 is 2.61 bits per heavy atom. The third kappa shape index (κ3) is 3.53. The highest BCUT2D eigenvalue weighted by Crippen LogP contribution is 2.25. The van der Waals surface area contributed by atoms with Crippen LogP contribution in [0.1, 0.15) is 24.2 Å². The van der Waals surface area contributed by atoms with Gasteiger partial charge < -0.3 is 9.64 Å². The normalized spacial score (nSPS) is 10.6. The third-order valence-corrected chi connectivity index (χ3v) is 3.01. The molecular weight excluding hydrogens is 273 g/mol. The fourth-order valence-electron chi connectivity index (χ4n) is 1.68. The number of hydrogen-bond donors (Lipinski definition) is 0. The molecule has 1 aromatic rings. The largest absolute Gasteiger partial charge is 0.496 e. The van der Waals surface area contributed by atoms with Gasteiger partial charge in [-0.25, -0.2) is 0 Å². The second-order valence-electron chi connectivity index (χ2n) is 4.13. The van der Waals surface area contributed by atoms with E-state index in [0.717, 1.165) is 0 Å². The lowest BCUT2D eigenvalue weighted by atomic mass is 10.1. The van der Waals surface area contributed by atoms with E-state index in [2.05, 4.69) is 0 Å². The predicted octanol–water partition coefficient (Wildman–Crippen LogP) is 3.44. The van der Waals surface area contributed by atoms with Gasteiger partial charge in [-0.2, -0.15) is 0 Å².